The molecule has 0 fully saturated rings. The number of hydrogen-bond donors (Lipinski definition) is 0. The zero-order valence-corrected chi connectivity index (χ0v) is 53.8. The summed E-state index contributed by atoms with van der Waals surface area (Å²) in [5.74, 6) is 0. The zero-order valence-electron chi connectivity index (χ0n) is 50.9. The first-order chi connectivity index (χ1) is 36.2. The van der Waals surface area contributed by atoms with Crippen molar-refractivity contribution >= 4 is 15.6 Å². The average Bonchev–Trinajstić information content (AvgIpc) is 3.38. The molecule has 0 aliphatic carbocycles. The van der Waals surface area contributed by atoms with Crippen LogP contribution in [-0.4, -0.2) is 26.4 Å². The molecule has 0 rings (SSSR count). The topological polar surface area (TPSA) is 117 Å². The number of rotatable bonds is 64. The number of hydrogen-bond acceptors (Lipinski definition) is 8. The molecule has 454 valence electrons. The van der Waals surface area contributed by atoms with Gasteiger partial charge in [0.1, 0.15) is 0 Å². The van der Waals surface area contributed by atoms with Crippen LogP contribution in [0.25, 0.3) is 0 Å². The summed E-state index contributed by atoms with van der Waals surface area (Å²) in [6.45, 7) is 10.1. The van der Waals surface area contributed by atoms with Crippen LogP contribution in [0.4, 0.5) is 0 Å². The van der Waals surface area contributed by atoms with Gasteiger partial charge in [0.25, 0.3) is 15.6 Å². The Kier molecular flexibility index (Phi) is 73.6. The van der Waals surface area contributed by atoms with E-state index in [1.54, 1.807) is 0 Å². The van der Waals surface area contributed by atoms with Gasteiger partial charge in [-0.25, -0.2) is 0 Å². The van der Waals surface area contributed by atoms with E-state index in [9.17, 15) is 18.9 Å². The number of phosphoric acid groups is 2. The molecule has 0 saturated heterocycles. The van der Waals surface area contributed by atoms with Crippen LogP contribution in [0.2, 0.25) is 0 Å². The van der Waals surface area contributed by atoms with E-state index in [-0.39, 0.29) is 43.5 Å². The Bertz CT molecular complexity index is 959. The summed E-state index contributed by atoms with van der Waals surface area (Å²) in [7, 11) is -8.23. The molecule has 11 heteroatoms. The van der Waals surface area contributed by atoms with E-state index in [1.807, 2.05) is 0 Å². The summed E-state index contributed by atoms with van der Waals surface area (Å²) in [5.41, 5.74) is 0. The van der Waals surface area contributed by atoms with Crippen molar-refractivity contribution in [3.8, 4) is 0 Å². The van der Waals surface area contributed by atoms with E-state index in [0.29, 0.717) is 0 Å². The fourth-order valence-electron chi connectivity index (χ4n) is 9.97. The van der Waals surface area contributed by atoms with E-state index in [2.05, 4.69) is 27.7 Å². The molecule has 0 atom stereocenters. The van der Waals surface area contributed by atoms with Gasteiger partial charge in [0.15, 0.2) is 0 Å². The minimum atomic E-state index is -4.12. The standard InChI is InChI=1S/2C32H67O4P.Fe/c2*1-3-5-7-9-11-13-15-17-19-21-23-25-27-29-31-35-37(33,34)36-32-30-28-26-24-22-20-18-16-14-12-10-8-6-4-2;/h2*3-32H2,1-2H3,(H,33,34);/q;;+2/p-2. The molecule has 0 aromatic carbocycles. The summed E-state index contributed by atoms with van der Waals surface area (Å²) in [6.07, 6.45) is 72.1. The number of phosphoric ester groups is 2. The van der Waals surface area contributed by atoms with E-state index in [4.69, 9.17) is 18.1 Å². The van der Waals surface area contributed by atoms with Crippen LogP contribution in [0.3, 0.4) is 0 Å². The monoisotopic (exact) mass is 1150 g/mol. The van der Waals surface area contributed by atoms with Crippen LogP contribution >= 0.6 is 15.6 Å². The van der Waals surface area contributed by atoms with Crippen molar-refractivity contribution in [2.24, 2.45) is 0 Å². The van der Waals surface area contributed by atoms with Gasteiger partial charge in [-0.3, -0.25) is 9.13 Å². The van der Waals surface area contributed by atoms with Crippen molar-refractivity contribution < 1.29 is 54.1 Å². The van der Waals surface area contributed by atoms with Crippen LogP contribution in [0.1, 0.15) is 387 Å². The molecule has 0 N–H and O–H groups in total. The van der Waals surface area contributed by atoms with Crippen molar-refractivity contribution in [1.29, 1.82) is 0 Å². The Morgan fingerprint density at radius 2 is 0.293 bits per heavy atom. The second-order valence-electron chi connectivity index (χ2n) is 22.6. The van der Waals surface area contributed by atoms with Crippen molar-refractivity contribution in [2.45, 2.75) is 387 Å². The Labute approximate surface area is 480 Å². The fourth-order valence-corrected chi connectivity index (χ4v) is 11.5. The third-order valence-electron chi connectivity index (χ3n) is 15.0. The molecule has 0 spiro atoms. The van der Waals surface area contributed by atoms with Gasteiger partial charge in [-0.05, 0) is 25.7 Å². The van der Waals surface area contributed by atoms with Crippen LogP contribution in [0, 0.1) is 0 Å². The van der Waals surface area contributed by atoms with Crippen molar-refractivity contribution in [3.63, 3.8) is 0 Å². The molecular formula is C64H132FeO8P2. The SMILES string of the molecule is CCCCCCCCCCCCCCCCOP(=O)([O-])OCCCCCCCCCCCCCCCC.CCCCCCCCCCCCCCCCOP(=O)([O-])OCCCCCCCCCCCCCCCC.[Fe+2]. The van der Waals surface area contributed by atoms with Crippen LogP contribution in [0.15, 0.2) is 0 Å². The van der Waals surface area contributed by atoms with Gasteiger partial charge in [-0.1, -0.05) is 362 Å². The normalized spacial score (nSPS) is 11.8. The molecule has 0 heterocycles. The summed E-state index contributed by atoms with van der Waals surface area (Å²) < 4.78 is 43.9. The predicted octanol–water partition coefficient (Wildman–Crippen LogP) is 22.9. The summed E-state index contributed by atoms with van der Waals surface area (Å²) in [4.78, 5) is 23.8. The first kappa shape index (κ1) is 80.0. The third-order valence-corrected chi connectivity index (χ3v) is 17.0. The van der Waals surface area contributed by atoms with Crippen LogP contribution in [0.5, 0.6) is 0 Å². The maximum absolute atomic E-state index is 11.9. The first-order valence-corrected chi connectivity index (χ1v) is 36.4. The second kappa shape index (κ2) is 69.0. The molecule has 75 heavy (non-hydrogen) atoms. The van der Waals surface area contributed by atoms with E-state index in [0.717, 1.165) is 51.4 Å². The average molecular weight is 1150 g/mol. The maximum Gasteiger partial charge on any atom is 2.00 e. The van der Waals surface area contributed by atoms with E-state index < -0.39 is 15.6 Å². The van der Waals surface area contributed by atoms with Crippen LogP contribution < -0.4 is 9.79 Å². The molecule has 0 aliphatic rings. The smallest absolute Gasteiger partial charge is 0.756 e. The molecule has 0 bridgehead atoms. The van der Waals surface area contributed by atoms with Gasteiger partial charge in [0.2, 0.25) is 0 Å². The summed E-state index contributed by atoms with van der Waals surface area (Å²) >= 11 is 0. The molecule has 0 amide bonds. The minimum absolute atomic E-state index is 0. The molecule has 0 aliphatic heterocycles. The van der Waals surface area contributed by atoms with Gasteiger partial charge >= 0.3 is 17.1 Å². The minimum Gasteiger partial charge on any atom is -0.756 e. The maximum atomic E-state index is 11.9. The van der Waals surface area contributed by atoms with Gasteiger partial charge in [0.05, 0.1) is 26.4 Å². The first-order valence-electron chi connectivity index (χ1n) is 33.4. The van der Waals surface area contributed by atoms with Crippen LogP contribution in [-0.2, 0) is 44.3 Å². The second-order valence-corrected chi connectivity index (χ2v) is 25.4. The Morgan fingerprint density at radius 1 is 0.200 bits per heavy atom. The zero-order chi connectivity index (χ0) is 54.3. The van der Waals surface area contributed by atoms with E-state index >= 15 is 0 Å². The Morgan fingerprint density at radius 3 is 0.400 bits per heavy atom. The van der Waals surface area contributed by atoms with Gasteiger partial charge in [-0.2, -0.15) is 0 Å². The Hall–Kier alpha value is 0.739. The van der Waals surface area contributed by atoms with E-state index in [1.165, 1.54) is 308 Å². The van der Waals surface area contributed by atoms with Crippen molar-refractivity contribution in [2.75, 3.05) is 26.4 Å². The predicted molar refractivity (Wildman–Crippen MR) is 320 cm³/mol. The molecule has 0 unspecified atom stereocenters. The fraction of sp³-hybridized carbons (Fsp3) is 1.00. The quantitative estimate of drug-likeness (QED) is 0.0336. The molecule has 0 saturated carbocycles. The molecule has 8 nitrogen and oxygen atoms in total. The summed E-state index contributed by atoms with van der Waals surface area (Å²) in [5, 5.41) is 0. The molecule has 0 radical (unpaired) electrons. The molecule has 0 aromatic heterocycles. The molecule has 0 aromatic rings. The van der Waals surface area contributed by atoms with Gasteiger partial charge in [0, 0.05) is 0 Å². The third kappa shape index (κ3) is 74.7. The number of unbranched alkanes of at least 4 members (excludes halogenated alkanes) is 52. The largest absolute Gasteiger partial charge is 2.00 e. The van der Waals surface area contributed by atoms with Crippen molar-refractivity contribution in [1.82, 2.24) is 0 Å². The van der Waals surface area contributed by atoms with Crippen molar-refractivity contribution in [3.05, 3.63) is 0 Å². The van der Waals surface area contributed by atoms with Gasteiger partial charge < -0.3 is 27.9 Å². The Balaban J connectivity index is -0.00000136. The molecular weight excluding hydrogens is 1010 g/mol. The summed E-state index contributed by atoms with van der Waals surface area (Å²) in [6, 6.07) is 0. The van der Waals surface area contributed by atoms with Gasteiger partial charge in [-0.15, -0.1) is 0 Å².